The fraction of sp³-hybridized carbons (Fsp3) is 0.696. The highest BCUT2D eigenvalue weighted by atomic mass is 15.4. The van der Waals surface area contributed by atoms with Gasteiger partial charge in [-0.2, -0.15) is 0 Å². The second kappa shape index (κ2) is 9.77. The molecule has 1 saturated heterocycles. The minimum Gasteiger partial charge on any atom is -0.356 e. The second-order valence-corrected chi connectivity index (χ2v) is 9.10. The molecular formula is C23H37N7. The second-order valence-electron chi connectivity index (χ2n) is 9.10. The van der Waals surface area contributed by atoms with E-state index in [2.05, 4.69) is 48.6 Å². The number of guanidine groups is 1. The van der Waals surface area contributed by atoms with E-state index in [1.54, 1.807) is 0 Å². The molecule has 2 aromatic heterocycles. The van der Waals surface area contributed by atoms with Crippen LogP contribution in [0.4, 0.5) is 0 Å². The van der Waals surface area contributed by atoms with Crippen LogP contribution in [-0.2, 0) is 6.42 Å². The molecule has 0 aromatic carbocycles. The summed E-state index contributed by atoms with van der Waals surface area (Å²) in [7, 11) is 1.88. The Hall–Kier alpha value is -2.15. The summed E-state index contributed by atoms with van der Waals surface area (Å²) >= 11 is 0. The summed E-state index contributed by atoms with van der Waals surface area (Å²) in [6.45, 7) is 9.97. The van der Waals surface area contributed by atoms with E-state index in [0.717, 1.165) is 74.5 Å². The molecule has 7 nitrogen and oxygen atoms in total. The fourth-order valence-electron chi connectivity index (χ4n) is 5.11. The van der Waals surface area contributed by atoms with Crippen molar-refractivity contribution in [3.05, 3.63) is 30.2 Å². The van der Waals surface area contributed by atoms with Gasteiger partial charge in [0.05, 0.1) is 0 Å². The number of aromatic nitrogens is 3. The molecular weight excluding hydrogens is 374 g/mol. The highest BCUT2D eigenvalue weighted by Crippen LogP contribution is 2.32. The van der Waals surface area contributed by atoms with E-state index in [9.17, 15) is 0 Å². The Morgan fingerprint density at radius 2 is 1.87 bits per heavy atom. The Bertz CT molecular complexity index is 827. The van der Waals surface area contributed by atoms with Crippen molar-refractivity contribution in [1.29, 1.82) is 0 Å². The molecule has 0 radical (unpaired) electrons. The van der Waals surface area contributed by atoms with Crippen LogP contribution < -0.4 is 5.32 Å². The van der Waals surface area contributed by atoms with Crippen LogP contribution in [0.2, 0.25) is 0 Å². The largest absolute Gasteiger partial charge is 0.356 e. The number of aliphatic imine (C=N–C) groups is 1. The highest BCUT2D eigenvalue weighted by Gasteiger charge is 2.29. The first kappa shape index (κ1) is 21.1. The van der Waals surface area contributed by atoms with Gasteiger partial charge in [-0.3, -0.25) is 14.3 Å². The van der Waals surface area contributed by atoms with Crippen molar-refractivity contribution >= 4 is 11.6 Å². The van der Waals surface area contributed by atoms with Crippen molar-refractivity contribution in [3.8, 4) is 0 Å². The number of hydrogen-bond donors (Lipinski definition) is 1. The predicted molar refractivity (Wildman–Crippen MR) is 122 cm³/mol. The molecule has 0 unspecified atom stereocenters. The van der Waals surface area contributed by atoms with E-state index in [1.807, 2.05) is 31.4 Å². The van der Waals surface area contributed by atoms with E-state index in [-0.39, 0.29) is 0 Å². The maximum absolute atomic E-state index is 4.53. The summed E-state index contributed by atoms with van der Waals surface area (Å²) in [5, 5.41) is 12.1. The van der Waals surface area contributed by atoms with Crippen LogP contribution in [0.1, 0.15) is 45.4 Å². The quantitative estimate of drug-likeness (QED) is 0.605. The number of hydrogen-bond acceptors (Lipinski definition) is 4. The third-order valence-electron chi connectivity index (χ3n) is 7.04. The van der Waals surface area contributed by atoms with Crippen molar-refractivity contribution in [3.63, 3.8) is 0 Å². The third-order valence-corrected chi connectivity index (χ3v) is 7.04. The Kier molecular flexibility index (Phi) is 6.87. The third kappa shape index (κ3) is 4.77. The van der Waals surface area contributed by atoms with Crippen LogP contribution >= 0.6 is 0 Å². The number of pyridine rings is 1. The molecule has 0 spiro atoms. The molecule has 2 aromatic rings. The van der Waals surface area contributed by atoms with Gasteiger partial charge in [-0.25, -0.2) is 0 Å². The van der Waals surface area contributed by atoms with Gasteiger partial charge in [-0.15, -0.1) is 10.2 Å². The summed E-state index contributed by atoms with van der Waals surface area (Å²) in [6, 6.07) is 6.78. The van der Waals surface area contributed by atoms with Crippen LogP contribution in [0.5, 0.6) is 0 Å². The maximum Gasteiger partial charge on any atom is 0.193 e. The zero-order chi connectivity index (χ0) is 20.9. The molecule has 0 bridgehead atoms. The van der Waals surface area contributed by atoms with Crippen LogP contribution in [0.25, 0.3) is 5.65 Å². The molecule has 1 aliphatic carbocycles. The number of fused-ring (bicyclic) bond motifs is 1. The first-order valence-electron chi connectivity index (χ1n) is 11.6. The summed E-state index contributed by atoms with van der Waals surface area (Å²) in [4.78, 5) is 9.66. The first-order valence-corrected chi connectivity index (χ1v) is 11.6. The lowest BCUT2D eigenvalue weighted by Crippen LogP contribution is -2.55. The van der Waals surface area contributed by atoms with E-state index < -0.39 is 0 Å². The zero-order valence-electron chi connectivity index (χ0n) is 18.8. The molecule has 30 heavy (non-hydrogen) atoms. The molecule has 4 rings (SSSR count). The molecule has 1 aliphatic heterocycles. The molecule has 0 atom stereocenters. The van der Waals surface area contributed by atoms with Gasteiger partial charge in [0.2, 0.25) is 0 Å². The maximum atomic E-state index is 4.53. The van der Waals surface area contributed by atoms with Gasteiger partial charge in [0.15, 0.2) is 11.6 Å². The van der Waals surface area contributed by atoms with Crippen LogP contribution in [0.15, 0.2) is 29.4 Å². The van der Waals surface area contributed by atoms with Gasteiger partial charge >= 0.3 is 0 Å². The smallest absolute Gasteiger partial charge is 0.193 e. The van der Waals surface area contributed by atoms with Crippen LogP contribution in [0, 0.1) is 11.8 Å². The molecule has 1 saturated carbocycles. The number of piperazine rings is 1. The van der Waals surface area contributed by atoms with Gasteiger partial charge < -0.3 is 10.2 Å². The average molecular weight is 412 g/mol. The molecule has 0 amide bonds. The van der Waals surface area contributed by atoms with E-state index >= 15 is 0 Å². The monoisotopic (exact) mass is 411 g/mol. The summed E-state index contributed by atoms with van der Waals surface area (Å²) in [5.74, 6) is 3.77. The standard InChI is InChI=1S/C23H37N7/c1-18(2)19-7-9-20(10-8-19)28-14-16-29(17-15-28)23(24-3)25-12-11-22-27-26-21-6-4-5-13-30(21)22/h4-6,13,18-20H,7-12,14-17H2,1-3H3,(H,24,25). The van der Waals surface area contributed by atoms with Gasteiger partial charge in [0, 0.05) is 58.4 Å². The van der Waals surface area contributed by atoms with Gasteiger partial charge in [0.25, 0.3) is 0 Å². The number of nitrogens with one attached hydrogen (secondary N) is 1. The van der Waals surface area contributed by atoms with Crippen molar-refractivity contribution in [2.45, 2.75) is 52.0 Å². The zero-order valence-corrected chi connectivity index (χ0v) is 18.8. The van der Waals surface area contributed by atoms with Crippen molar-refractivity contribution in [2.24, 2.45) is 16.8 Å². The summed E-state index contributed by atoms with van der Waals surface area (Å²) < 4.78 is 2.05. The SMILES string of the molecule is CN=C(NCCc1nnc2ccccn12)N1CCN(C2CCC(C(C)C)CC2)CC1. The van der Waals surface area contributed by atoms with Gasteiger partial charge in [-0.05, 0) is 49.7 Å². The molecule has 2 fully saturated rings. The lowest BCUT2D eigenvalue weighted by Gasteiger charge is -2.43. The van der Waals surface area contributed by atoms with Gasteiger partial charge in [-0.1, -0.05) is 19.9 Å². The molecule has 3 heterocycles. The molecule has 1 N–H and O–H groups in total. The number of rotatable bonds is 5. The van der Waals surface area contributed by atoms with E-state index in [1.165, 1.54) is 25.7 Å². The Morgan fingerprint density at radius 3 is 2.57 bits per heavy atom. The van der Waals surface area contributed by atoms with Crippen LogP contribution in [-0.4, -0.2) is 76.2 Å². The topological polar surface area (TPSA) is 61.1 Å². The minimum atomic E-state index is 0.790. The fourth-order valence-corrected chi connectivity index (χ4v) is 5.11. The predicted octanol–water partition coefficient (Wildman–Crippen LogP) is 2.68. The molecule has 7 heteroatoms. The van der Waals surface area contributed by atoms with Gasteiger partial charge in [0.1, 0.15) is 5.82 Å². The highest BCUT2D eigenvalue weighted by molar-refractivity contribution is 5.80. The first-order chi connectivity index (χ1) is 14.7. The van der Waals surface area contributed by atoms with Crippen molar-refractivity contribution in [2.75, 3.05) is 39.8 Å². The molecule has 164 valence electrons. The Labute approximate surface area is 180 Å². The average Bonchev–Trinajstić information content (AvgIpc) is 3.20. The lowest BCUT2D eigenvalue weighted by atomic mass is 9.79. The van der Waals surface area contributed by atoms with Crippen molar-refractivity contribution in [1.82, 2.24) is 29.7 Å². The number of nitrogens with zero attached hydrogens (tertiary/aromatic N) is 6. The Morgan fingerprint density at radius 1 is 1.10 bits per heavy atom. The summed E-state index contributed by atoms with van der Waals surface area (Å²) in [6.07, 6.45) is 8.41. The summed E-state index contributed by atoms with van der Waals surface area (Å²) in [5.41, 5.74) is 0.899. The normalized spacial score (nSPS) is 24.0. The van der Waals surface area contributed by atoms with Crippen molar-refractivity contribution < 1.29 is 0 Å². The lowest BCUT2D eigenvalue weighted by molar-refractivity contribution is 0.0864. The Balaban J connectivity index is 1.22. The minimum absolute atomic E-state index is 0.790. The van der Waals surface area contributed by atoms with E-state index in [4.69, 9.17) is 0 Å². The molecule has 2 aliphatic rings. The van der Waals surface area contributed by atoms with E-state index in [0.29, 0.717) is 0 Å². The van der Waals surface area contributed by atoms with Crippen LogP contribution in [0.3, 0.4) is 0 Å².